The Hall–Kier alpha value is -4.65. The second-order valence-corrected chi connectivity index (χ2v) is 14.3. The maximum absolute atomic E-state index is 14.0. The number of fused-ring (bicyclic) bond motifs is 2. The van der Waals surface area contributed by atoms with Crippen LogP contribution in [0, 0.1) is 5.92 Å². The molecule has 48 heavy (non-hydrogen) atoms. The highest BCUT2D eigenvalue weighted by molar-refractivity contribution is 8.00. The van der Waals surface area contributed by atoms with E-state index in [0.717, 1.165) is 41.3 Å². The first kappa shape index (κ1) is 33.3. The van der Waals surface area contributed by atoms with Crippen LogP contribution in [0.15, 0.2) is 81.4 Å². The van der Waals surface area contributed by atoms with Gasteiger partial charge in [-0.05, 0) is 54.1 Å². The number of rotatable bonds is 8. The minimum atomic E-state index is -4.83. The fourth-order valence-corrected chi connectivity index (χ4v) is 8.62. The molecule has 3 atom stereocenters. The zero-order valence-corrected chi connectivity index (χ0v) is 26.9. The van der Waals surface area contributed by atoms with Gasteiger partial charge in [-0.2, -0.15) is 13.2 Å². The fraction of sp³-hybridized carbons (Fsp3) is 0.200. The Kier molecular flexibility index (Phi) is 8.61. The summed E-state index contributed by atoms with van der Waals surface area (Å²) in [5.74, 6) is -4.10. The van der Waals surface area contributed by atoms with Crippen LogP contribution in [0.1, 0.15) is 21.9 Å². The summed E-state index contributed by atoms with van der Waals surface area (Å²) in [5.41, 5.74) is -1.02. The van der Waals surface area contributed by atoms with Crippen LogP contribution >= 0.6 is 23.1 Å². The molecule has 4 aromatic rings. The van der Waals surface area contributed by atoms with Crippen molar-refractivity contribution in [2.75, 3.05) is 23.9 Å². The molecule has 250 valence electrons. The van der Waals surface area contributed by atoms with Crippen molar-refractivity contribution in [1.82, 2.24) is 4.98 Å². The number of imide groups is 1. The predicted octanol–water partition coefficient (Wildman–Crippen LogP) is 3.92. The van der Waals surface area contributed by atoms with E-state index in [1.807, 2.05) is 0 Å². The molecule has 12 nitrogen and oxygen atoms in total. The lowest BCUT2D eigenvalue weighted by Crippen LogP contribution is -2.33. The summed E-state index contributed by atoms with van der Waals surface area (Å²) in [4.78, 5) is 55.7. The number of sulfonamides is 1. The number of alkyl halides is 3. The second kappa shape index (κ2) is 12.4. The summed E-state index contributed by atoms with van der Waals surface area (Å²) in [6.45, 7) is -0.485. The number of hydrogen-bond donors (Lipinski definition) is 3. The van der Waals surface area contributed by atoms with Crippen molar-refractivity contribution in [1.29, 1.82) is 0 Å². The standard InChI is InChI=1S/C30H23F3N4O8S3/c1-44-20-12-14(6-11-19(20)45-13-21(38)35-15-7-9-16(10-8-15)48(34,42)43)22-23-25(46-26-24(22)47-29(41)36-26)28(40)37(27(23)39)18-5-3-2-4-17(18)30(31,32)33/h2-12,22-23,25H,13H2,1H3,(H,35,38)(H,36,41)(H2,34,42,43)/t22-,23-,25+/m0/s1. The van der Waals surface area contributed by atoms with Gasteiger partial charge in [-0.15, -0.1) is 0 Å². The van der Waals surface area contributed by atoms with Crippen molar-refractivity contribution in [3.8, 4) is 11.5 Å². The average Bonchev–Trinajstić information content (AvgIpc) is 3.53. The molecule has 3 aromatic carbocycles. The lowest BCUT2D eigenvalue weighted by atomic mass is 9.83. The van der Waals surface area contributed by atoms with E-state index in [1.165, 1.54) is 49.6 Å². The van der Waals surface area contributed by atoms with Crippen molar-refractivity contribution in [3.05, 3.63) is 92.4 Å². The highest BCUT2D eigenvalue weighted by Gasteiger charge is 2.57. The van der Waals surface area contributed by atoms with Gasteiger partial charge in [-0.3, -0.25) is 19.2 Å². The second-order valence-electron chi connectivity index (χ2n) is 10.6. The number of thioether (sulfide) groups is 1. The molecule has 0 unspecified atom stereocenters. The molecule has 0 spiro atoms. The number of halogens is 3. The summed E-state index contributed by atoms with van der Waals surface area (Å²) in [6, 6.07) is 14.0. The quantitative estimate of drug-likeness (QED) is 0.228. The van der Waals surface area contributed by atoms with Gasteiger partial charge in [-0.1, -0.05) is 41.3 Å². The van der Waals surface area contributed by atoms with Gasteiger partial charge in [0, 0.05) is 16.5 Å². The zero-order chi connectivity index (χ0) is 34.5. The van der Waals surface area contributed by atoms with Gasteiger partial charge >= 0.3 is 11.0 Å². The van der Waals surface area contributed by atoms with E-state index < -0.39 is 73.7 Å². The van der Waals surface area contributed by atoms with Gasteiger partial charge in [0.05, 0.1) is 34.2 Å². The number of amides is 3. The number of hydrogen-bond acceptors (Lipinski definition) is 10. The van der Waals surface area contributed by atoms with Crippen molar-refractivity contribution in [2.24, 2.45) is 11.1 Å². The molecule has 0 aliphatic carbocycles. The number of anilines is 2. The minimum Gasteiger partial charge on any atom is -0.493 e. The number of para-hydroxylation sites is 1. The number of aromatic nitrogens is 1. The summed E-state index contributed by atoms with van der Waals surface area (Å²) in [7, 11) is -2.58. The Labute approximate surface area is 278 Å². The van der Waals surface area contributed by atoms with Crippen LogP contribution in [0.2, 0.25) is 0 Å². The Morgan fingerprint density at radius 1 is 1.02 bits per heavy atom. The molecule has 2 aliphatic rings. The van der Waals surface area contributed by atoms with Gasteiger partial charge in [0.1, 0.15) is 5.25 Å². The van der Waals surface area contributed by atoms with E-state index in [1.54, 1.807) is 6.07 Å². The van der Waals surface area contributed by atoms with E-state index in [2.05, 4.69) is 10.3 Å². The SMILES string of the molecule is COc1cc([C@@H]2c3sc(=O)[nH]c3S[C@H]3C(=O)N(c4ccccc4C(F)(F)F)C(=O)[C@@H]23)ccc1OCC(=O)Nc1ccc(S(N)(=O)=O)cc1. The number of ether oxygens (including phenoxy) is 2. The Bertz CT molecular complexity index is 2120. The topological polar surface area (TPSA) is 178 Å². The summed E-state index contributed by atoms with van der Waals surface area (Å²) in [5, 5.41) is 6.83. The van der Waals surface area contributed by atoms with Crippen molar-refractivity contribution in [2.45, 2.75) is 27.3 Å². The fourth-order valence-electron chi connectivity index (χ4n) is 5.59. The zero-order valence-electron chi connectivity index (χ0n) is 24.4. The van der Waals surface area contributed by atoms with Crippen LogP contribution in [0.4, 0.5) is 24.5 Å². The number of nitrogens with one attached hydrogen (secondary N) is 2. The number of thiazole rings is 1. The largest absolute Gasteiger partial charge is 0.493 e. The molecule has 4 N–H and O–H groups in total. The molecule has 3 heterocycles. The first-order chi connectivity index (χ1) is 22.7. The predicted molar refractivity (Wildman–Crippen MR) is 169 cm³/mol. The van der Waals surface area contributed by atoms with Crippen LogP contribution in [0.25, 0.3) is 0 Å². The molecule has 6 rings (SSSR count). The van der Waals surface area contributed by atoms with Crippen LogP contribution in [0.5, 0.6) is 11.5 Å². The molecule has 0 saturated carbocycles. The number of carbonyl (C=O) groups excluding carboxylic acids is 3. The third-order valence-corrected chi connectivity index (χ3v) is 11.0. The van der Waals surface area contributed by atoms with Gasteiger partial charge in [-0.25, -0.2) is 18.5 Å². The molecule has 1 fully saturated rings. The lowest BCUT2D eigenvalue weighted by Gasteiger charge is -2.30. The van der Waals surface area contributed by atoms with Crippen molar-refractivity contribution in [3.63, 3.8) is 0 Å². The number of carbonyl (C=O) groups is 3. The highest BCUT2D eigenvalue weighted by atomic mass is 32.2. The van der Waals surface area contributed by atoms with E-state index in [0.29, 0.717) is 20.4 Å². The average molecular weight is 721 g/mol. The van der Waals surface area contributed by atoms with Gasteiger partial charge in [0.15, 0.2) is 18.1 Å². The monoisotopic (exact) mass is 720 g/mol. The van der Waals surface area contributed by atoms with Gasteiger partial charge in [0.25, 0.3) is 5.91 Å². The first-order valence-corrected chi connectivity index (χ1v) is 17.1. The molecule has 1 aromatic heterocycles. The third-order valence-electron chi connectivity index (χ3n) is 7.65. The number of H-pyrrole nitrogens is 1. The van der Waals surface area contributed by atoms with Crippen LogP contribution in [-0.2, 0) is 30.6 Å². The highest BCUT2D eigenvalue weighted by Crippen LogP contribution is 2.54. The molecule has 18 heteroatoms. The maximum atomic E-state index is 14.0. The van der Waals surface area contributed by atoms with Crippen LogP contribution in [0.3, 0.4) is 0 Å². The Morgan fingerprint density at radius 2 is 1.73 bits per heavy atom. The van der Waals surface area contributed by atoms with E-state index >= 15 is 0 Å². The van der Waals surface area contributed by atoms with Crippen molar-refractivity contribution < 1.29 is 45.4 Å². The molecule has 0 bridgehead atoms. The van der Waals surface area contributed by atoms with E-state index in [9.17, 15) is 40.8 Å². The molecular weight excluding hydrogens is 698 g/mol. The number of aromatic amines is 1. The number of benzene rings is 3. The molecule has 3 amide bonds. The first-order valence-electron chi connectivity index (χ1n) is 13.8. The maximum Gasteiger partial charge on any atom is 0.418 e. The van der Waals surface area contributed by atoms with Gasteiger partial charge in [0.2, 0.25) is 21.8 Å². The normalized spacial score (nSPS) is 19.1. The smallest absolute Gasteiger partial charge is 0.418 e. The number of methoxy groups -OCH3 is 1. The molecule has 1 saturated heterocycles. The van der Waals surface area contributed by atoms with Crippen molar-refractivity contribution >= 4 is 62.2 Å². The van der Waals surface area contributed by atoms with Crippen LogP contribution in [-0.4, -0.2) is 50.1 Å². The Balaban J connectivity index is 1.28. The molecule has 0 radical (unpaired) electrons. The summed E-state index contributed by atoms with van der Waals surface area (Å²) in [6.07, 6.45) is -4.83. The molecular formula is C30H23F3N4O8S3. The minimum absolute atomic E-state index is 0.125. The Morgan fingerprint density at radius 3 is 2.40 bits per heavy atom. The number of primary sulfonamides is 1. The van der Waals surface area contributed by atoms with Crippen LogP contribution < -0.4 is 29.7 Å². The van der Waals surface area contributed by atoms with E-state index in [-0.39, 0.29) is 22.1 Å². The van der Waals surface area contributed by atoms with Gasteiger partial charge < -0.3 is 19.8 Å². The lowest BCUT2D eigenvalue weighted by molar-refractivity contribution is -0.137. The number of nitrogens with zero attached hydrogens (tertiary/aromatic N) is 1. The molecule has 2 aliphatic heterocycles. The summed E-state index contributed by atoms with van der Waals surface area (Å²) >= 11 is 1.75. The number of nitrogens with two attached hydrogens (primary N) is 1. The summed E-state index contributed by atoms with van der Waals surface area (Å²) < 4.78 is 75.8. The third kappa shape index (κ3) is 6.18. The van der Waals surface area contributed by atoms with E-state index in [4.69, 9.17) is 14.6 Å².